The zero-order valence-electron chi connectivity index (χ0n) is 19.4. The van der Waals surface area contributed by atoms with Crippen LogP contribution in [0, 0.1) is 17.2 Å². The molecule has 3 aromatic rings. The molecule has 0 aromatic carbocycles. The quantitative estimate of drug-likeness (QED) is 0.468. The Kier molecular flexibility index (Phi) is 10.5. The number of hydrogen-bond acceptors (Lipinski definition) is 4. The lowest BCUT2D eigenvalue weighted by atomic mass is 9.82. The molecule has 0 saturated heterocycles. The Morgan fingerprint density at radius 3 is 2.12 bits per heavy atom. The fourth-order valence-electron chi connectivity index (χ4n) is 3.42. The Balaban J connectivity index is 0.000000217. The minimum Gasteiger partial charge on any atom is -0.264 e. The van der Waals surface area contributed by atoms with Crippen LogP contribution in [0.3, 0.4) is 0 Å². The molecule has 0 N–H and O–H groups in total. The van der Waals surface area contributed by atoms with Crippen LogP contribution in [0.4, 0.5) is 0 Å². The normalized spacial score (nSPS) is 15.4. The predicted octanol–water partition coefficient (Wildman–Crippen LogP) is 6.69. The minimum absolute atomic E-state index is 0.351. The predicted molar refractivity (Wildman–Crippen MR) is 131 cm³/mol. The first-order valence-electron chi connectivity index (χ1n) is 11.1. The van der Waals surface area contributed by atoms with Gasteiger partial charge in [0.15, 0.2) is 0 Å². The van der Waals surface area contributed by atoms with Crippen molar-refractivity contribution in [3.8, 4) is 6.07 Å². The molecule has 2 atom stereocenters. The second-order valence-corrected chi connectivity index (χ2v) is 7.42. The highest BCUT2D eigenvalue weighted by Gasteiger charge is 2.21. The van der Waals surface area contributed by atoms with E-state index in [2.05, 4.69) is 58.3 Å². The van der Waals surface area contributed by atoms with E-state index in [1.165, 1.54) is 11.1 Å². The third-order valence-electron chi connectivity index (χ3n) is 5.27. The summed E-state index contributed by atoms with van der Waals surface area (Å²) in [6, 6.07) is 16.3. The van der Waals surface area contributed by atoms with Crippen LogP contribution in [0.2, 0.25) is 0 Å². The molecule has 4 heteroatoms. The van der Waals surface area contributed by atoms with Gasteiger partial charge in [-0.1, -0.05) is 51.1 Å². The maximum atomic E-state index is 9.06. The molecule has 0 saturated carbocycles. The topological polar surface area (TPSA) is 62.5 Å². The van der Waals surface area contributed by atoms with Gasteiger partial charge in [-0.05, 0) is 60.2 Å². The maximum Gasteiger partial charge on any atom is 0.0991 e. The van der Waals surface area contributed by atoms with Crippen molar-refractivity contribution in [1.29, 1.82) is 5.26 Å². The van der Waals surface area contributed by atoms with Crippen molar-refractivity contribution in [2.24, 2.45) is 5.92 Å². The molecular formula is C28H32N4. The molecule has 2 unspecified atom stereocenters. The highest BCUT2D eigenvalue weighted by atomic mass is 14.7. The Bertz CT molecular complexity index is 982. The van der Waals surface area contributed by atoms with E-state index in [1.807, 2.05) is 63.6 Å². The summed E-state index contributed by atoms with van der Waals surface area (Å²) >= 11 is 0. The van der Waals surface area contributed by atoms with Crippen LogP contribution in [0.1, 0.15) is 56.9 Å². The first kappa shape index (κ1) is 24.7. The van der Waals surface area contributed by atoms with Gasteiger partial charge in [-0.15, -0.1) is 0 Å². The van der Waals surface area contributed by atoms with Crippen LogP contribution in [0.5, 0.6) is 0 Å². The van der Waals surface area contributed by atoms with Crippen molar-refractivity contribution >= 4 is 0 Å². The van der Waals surface area contributed by atoms with E-state index in [9.17, 15) is 0 Å². The van der Waals surface area contributed by atoms with Crippen molar-refractivity contribution in [2.45, 2.75) is 46.5 Å². The molecule has 0 aliphatic heterocycles. The largest absolute Gasteiger partial charge is 0.264 e. The van der Waals surface area contributed by atoms with Crippen molar-refractivity contribution in [1.82, 2.24) is 15.0 Å². The van der Waals surface area contributed by atoms with E-state index in [4.69, 9.17) is 5.26 Å². The Labute approximate surface area is 192 Å². The van der Waals surface area contributed by atoms with Crippen LogP contribution in [-0.4, -0.2) is 15.0 Å². The summed E-state index contributed by atoms with van der Waals surface area (Å²) in [5.74, 6) is 0.729. The highest BCUT2D eigenvalue weighted by molar-refractivity contribution is 5.43. The van der Waals surface area contributed by atoms with Gasteiger partial charge in [0.1, 0.15) is 0 Å². The van der Waals surface area contributed by atoms with Crippen LogP contribution in [0.15, 0.2) is 96.7 Å². The molecule has 3 aromatic heterocycles. The number of aromatic nitrogens is 3. The fraction of sp³-hybridized carbons (Fsp3) is 0.286. The summed E-state index contributed by atoms with van der Waals surface area (Å²) in [6.45, 7) is 8.17. The number of pyridine rings is 3. The van der Waals surface area contributed by atoms with E-state index < -0.39 is 0 Å². The third-order valence-corrected chi connectivity index (χ3v) is 5.27. The smallest absolute Gasteiger partial charge is 0.0991 e. The van der Waals surface area contributed by atoms with Gasteiger partial charge in [-0.3, -0.25) is 15.0 Å². The molecule has 0 spiro atoms. The van der Waals surface area contributed by atoms with E-state index >= 15 is 0 Å². The summed E-state index contributed by atoms with van der Waals surface area (Å²) in [5.41, 5.74) is 5.44. The lowest BCUT2D eigenvalue weighted by molar-refractivity contribution is 0.529. The average molecular weight is 425 g/mol. The summed E-state index contributed by atoms with van der Waals surface area (Å²) in [5, 5.41) is 9.06. The van der Waals surface area contributed by atoms with Crippen LogP contribution < -0.4 is 0 Å². The van der Waals surface area contributed by atoms with Gasteiger partial charge in [0, 0.05) is 49.0 Å². The molecule has 0 fully saturated rings. The molecule has 0 amide bonds. The molecule has 32 heavy (non-hydrogen) atoms. The molecule has 164 valence electrons. The van der Waals surface area contributed by atoms with E-state index in [-0.39, 0.29) is 0 Å². The Hall–Kier alpha value is -3.58. The molecule has 4 nitrogen and oxygen atoms in total. The van der Waals surface area contributed by atoms with Crippen molar-refractivity contribution < 1.29 is 0 Å². The average Bonchev–Trinajstić information content (AvgIpc) is 2.87. The molecule has 3 heterocycles. The monoisotopic (exact) mass is 424 g/mol. The van der Waals surface area contributed by atoms with Gasteiger partial charge >= 0.3 is 0 Å². The SMILES string of the molecule is CC.CC1=CCC(C(C)c2ccccn2)C=C1C#N.c1cncc(Cc2cccnc2)c1. The lowest BCUT2D eigenvalue weighted by Gasteiger charge is -2.23. The van der Waals surface area contributed by atoms with E-state index in [0.29, 0.717) is 11.8 Å². The van der Waals surface area contributed by atoms with Gasteiger partial charge < -0.3 is 0 Å². The number of hydrogen-bond donors (Lipinski definition) is 0. The number of nitriles is 1. The number of nitrogens with zero attached hydrogens (tertiary/aromatic N) is 4. The summed E-state index contributed by atoms with van der Waals surface area (Å²) in [4.78, 5) is 12.5. The van der Waals surface area contributed by atoms with Gasteiger partial charge in [0.25, 0.3) is 0 Å². The first-order chi connectivity index (χ1) is 15.7. The minimum atomic E-state index is 0.351. The zero-order valence-corrected chi connectivity index (χ0v) is 19.4. The molecule has 1 aliphatic carbocycles. The van der Waals surface area contributed by atoms with E-state index in [1.54, 1.807) is 12.4 Å². The second kappa shape index (κ2) is 13.7. The van der Waals surface area contributed by atoms with Gasteiger partial charge in [0.2, 0.25) is 0 Å². The summed E-state index contributed by atoms with van der Waals surface area (Å²) in [6.07, 6.45) is 15.3. The lowest BCUT2D eigenvalue weighted by Crippen LogP contribution is -2.12. The molecule has 4 rings (SSSR count). The van der Waals surface area contributed by atoms with Crippen LogP contribution >= 0.6 is 0 Å². The zero-order chi connectivity index (χ0) is 23.2. The Morgan fingerprint density at radius 2 is 1.62 bits per heavy atom. The third kappa shape index (κ3) is 7.59. The number of allylic oxidation sites excluding steroid dienone is 4. The standard InChI is InChI=1S/C15H16N2.C11H10N2.C2H6/c1-11-6-7-13(9-14(11)10-16)12(2)15-5-3-4-8-17-15;1-3-10(8-12-5-1)7-11-4-2-6-13-9-11;1-2/h3-6,8-9,12-13H,7H2,1-2H3;1-6,8-9H,7H2;1-2H3. The van der Waals surface area contributed by atoms with E-state index in [0.717, 1.165) is 29.7 Å². The maximum absolute atomic E-state index is 9.06. The fourth-order valence-corrected chi connectivity index (χ4v) is 3.42. The molecule has 1 aliphatic rings. The second-order valence-electron chi connectivity index (χ2n) is 7.42. The van der Waals surface area contributed by atoms with Gasteiger partial charge in [-0.25, -0.2) is 0 Å². The van der Waals surface area contributed by atoms with Crippen molar-refractivity contribution in [3.05, 3.63) is 114 Å². The van der Waals surface area contributed by atoms with Crippen molar-refractivity contribution in [2.75, 3.05) is 0 Å². The summed E-state index contributed by atoms with van der Waals surface area (Å²) in [7, 11) is 0. The van der Waals surface area contributed by atoms with Crippen LogP contribution in [-0.2, 0) is 6.42 Å². The summed E-state index contributed by atoms with van der Waals surface area (Å²) < 4.78 is 0. The molecular weight excluding hydrogens is 392 g/mol. The van der Waals surface area contributed by atoms with Crippen molar-refractivity contribution in [3.63, 3.8) is 0 Å². The molecule has 0 bridgehead atoms. The van der Waals surface area contributed by atoms with Gasteiger partial charge in [-0.2, -0.15) is 5.26 Å². The van der Waals surface area contributed by atoms with Crippen LogP contribution in [0.25, 0.3) is 0 Å². The Morgan fingerprint density at radius 1 is 0.969 bits per heavy atom. The molecule has 0 radical (unpaired) electrons. The number of rotatable bonds is 4. The highest BCUT2D eigenvalue weighted by Crippen LogP contribution is 2.32. The van der Waals surface area contributed by atoms with Gasteiger partial charge in [0.05, 0.1) is 11.6 Å². The first-order valence-corrected chi connectivity index (χ1v) is 11.1.